The van der Waals surface area contributed by atoms with Gasteiger partial charge >= 0.3 is 6.39 Å². The zero-order valence-electron chi connectivity index (χ0n) is 16.1. The molecule has 0 bridgehead atoms. The number of hydrogen-bond donors (Lipinski definition) is 2. The molecule has 0 aliphatic rings. The molecule has 0 aliphatic heterocycles. The van der Waals surface area contributed by atoms with Crippen LogP contribution < -0.4 is 9.88 Å². The van der Waals surface area contributed by atoms with Crippen molar-refractivity contribution in [3.8, 4) is 0 Å². The quantitative estimate of drug-likeness (QED) is 0.595. The largest absolute Gasteiger partial charge is 0.409 e. The highest BCUT2D eigenvalue weighted by Crippen LogP contribution is 2.17. The van der Waals surface area contributed by atoms with Crippen molar-refractivity contribution in [2.45, 2.75) is 58.5 Å². The van der Waals surface area contributed by atoms with Crippen LogP contribution in [0.2, 0.25) is 0 Å². The van der Waals surface area contributed by atoms with E-state index in [4.69, 9.17) is 4.42 Å². The van der Waals surface area contributed by atoms with E-state index in [0.29, 0.717) is 17.9 Å². The van der Waals surface area contributed by atoms with Gasteiger partial charge in [0.15, 0.2) is 12.3 Å². The molecule has 2 unspecified atom stereocenters. The van der Waals surface area contributed by atoms with Crippen molar-refractivity contribution in [2.75, 3.05) is 5.32 Å². The number of benzene rings is 1. The van der Waals surface area contributed by atoms with Crippen molar-refractivity contribution < 1.29 is 8.98 Å². The molecule has 1 aromatic carbocycles. The van der Waals surface area contributed by atoms with Gasteiger partial charge in [-0.3, -0.25) is 5.10 Å². The molecule has 138 valence electrons. The first kappa shape index (κ1) is 18.2. The molecule has 0 aliphatic carbocycles. The zero-order chi connectivity index (χ0) is 18.5. The maximum absolute atomic E-state index is 5.60. The summed E-state index contributed by atoms with van der Waals surface area (Å²) >= 11 is 0. The summed E-state index contributed by atoms with van der Waals surface area (Å²) in [5.74, 6) is 1.74. The fourth-order valence-electron chi connectivity index (χ4n) is 3.08. The molecule has 0 saturated heterocycles. The number of hydrogen-bond acceptors (Lipinski definition) is 3. The summed E-state index contributed by atoms with van der Waals surface area (Å²) in [5.41, 5.74) is 3.39. The van der Waals surface area contributed by atoms with Gasteiger partial charge in [-0.2, -0.15) is 9.67 Å². The lowest BCUT2D eigenvalue weighted by Gasteiger charge is -2.14. The Labute approximate surface area is 155 Å². The number of nitrogens with one attached hydrogen (secondary N) is 2. The number of rotatable bonds is 8. The Balaban J connectivity index is 1.56. The molecular weight excluding hydrogens is 324 g/mol. The summed E-state index contributed by atoms with van der Waals surface area (Å²) in [7, 11) is 0. The second-order valence-corrected chi connectivity index (χ2v) is 7.44. The molecule has 26 heavy (non-hydrogen) atoms. The predicted molar refractivity (Wildman–Crippen MR) is 103 cm³/mol. The second-order valence-electron chi connectivity index (χ2n) is 7.44. The second kappa shape index (κ2) is 8.21. The van der Waals surface area contributed by atoms with Crippen LogP contribution in [0.1, 0.15) is 56.7 Å². The highest BCUT2D eigenvalue weighted by molar-refractivity contribution is 5.43. The minimum absolute atomic E-state index is 0.319. The van der Waals surface area contributed by atoms with E-state index in [0.717, 1.165) is 35.8 Å². The van der Waals surface area contributed by atoms with Crippen LogP contribution in [0.4, 0.5) is 5.69 Å². The molecule has 2 heterocycles. The molecule has 3 rings (SSSR count). The van der Waals surface area contributed by atoms with Gasteiger partial charge in [0.05, 0.1) is 11.6 Å². The van der Waals surface area contributed by atoms with Gasteiger partial charge in [0.2, 0.25) is 6.20 Å². The van der Waals surface area contributed by atoms with Gasteiger partial charge in [-0.25, -0.2) is 0 Å². The molecular formula is C21H29N4O+. The van der Waals surface area contributed by atoms with E-state index in [1.165, 1.54) is 0 Å². The van der Waals surface area contributed by atoms with E-state index in [1.807, 2.05) is 18.2 Å². The normalized spacial score (nSPS) is 13.7. The first-order valence-electron chi connectivity index (χ1n) is 9.34. The molecule has 0 amide bonds. The number of aromatic nitrogens is 3. The van der Waals surface area contributed by atoms with E-state index >= 15 is 0 Å². The van der Waals surface area contributed by atoms with Gasteiger partial charge in [-0.1, -0.05) is 39.0 Å². The summed E-state index contributed by atoms with van der Waals surface area (Å²) in [5, 5.41) is 11.2. The van der Waals surface area contributed by atoms with Crippen molar-refractivity contribution in [3.05, 3.63) is 66.1 Å². The van der Waals surface area contributed by atoms with Crippen molar-refractivity contribution in [2.24, 2.45) is 0 Å². The molecule has 5 nitrogen and oxygen atoms in total. The van der Waals surface area contributed by atoms with Gasteiger partial charge in [-0.05, 0) is 25.1 Å². The molecule has 3 aromatic rings. The fraction of sp³-hybridized carbons (Fsp3) is 0.429. The van der Waals surface area contributed by atoms with Gasteiger partial charge < -0.3 is 9.73 Å². The summed E-state index contributed by atoms with van der Waals surface area (Å²) in [6.07, 6.45) is 4.79. The van der Waals surface area contributed by atoms with Crippen molar-refractivity contribution >= 4 is 5.69 Å². The van der Waals surface area contributed by atoms with E-state index in [2.05, 4.69) is 72.2 Å². The van der Waals surface area contributed by atoms with Crippen LogP contribution in [0.15, 0.2) is 53.4 Å². The number of oxazole rings is 1. The Morgan fingerprint density at radius 2 is 1.92 bits per heavy atom. The molecule has 0 spiro atoms. The average Bonchev–Trinajstić information content (AvgIpc) is 3.25. The smallest absolute Gasteiger partial charge is 0.334 e. The zero-order valence-corrected chi connectivity index (χ0v) is 16.1. The molecule has 2 atom stereocenters. The first-order chi connectivity index (χ1) is 12.5. The third-order valence-electron chi connectivity index (χ3n) is 4.54. The Morgan fingerprint density at radius 3 is 2.62 bits per heavy atom. The number of H-pyrrole nitrogens is 1. The third kappa shape index (κ3) is 4.75. The highest BCUT2D eigenvalue weighted by atomic mass is 16.3. The van der Waals surface area contributed by atoms with Crippen molar-refractivity contribution in [1.29, 1.82) is 0 Å². The van der Waals surface area contributed by atoms with Crippen LogP contribution in [-0.4, -0.2) is 16.2 Å². The van der Waals surface area contributed by atoms with E-state index in [-0.39, 0.29) is 0 Å². The summed E-state index contributed by atoms with van der Waals surface area (Å²) in [6, 6.07) is 12.8. The monoisotopic (exact) mass is 353 g/mol. The van der Waals surface area contributed by atoms with Gasteiger partial charge in [0.1, 0.15) is 0 Å². The minimum atomic E-state index is 0.319. The van der Waals surface area contributed by atoms with Crippen LogP contribution >= 0.6 is 0 Å². The first-order valence-corrected chi connectivity index (χ1v) is 9.34. The van der Waals surface area contributed by atoms with E-state index in [1.54, 1.807) is 6.39 Å². The van der Waals surface area contributed by atoms with Crippen molar-refractivity contribution in [1.82, 2.24) is 10.2 Å². The third-order valence-corrected chi connectivity index (χ3v) is 4.54. The molecule has 2 aromatic heterocycles. The lowest BCUT2D eigenvalue weighted by atomic mass is 10.1. The summed E-state index contributed by atoms with van der Waals surface area (Å²) in [6.45, 7) is 9.51. The minimum Gasteiger partial charge on any atom is -0.409 e. The molecule has 0 radical (unpaired) electrons. The van der Waals surface area contributed by atoms with E-state index in [9.17, 15) is 0 Å². The van der Waals surface area contributed by atoms with Gasteiger partial charge in [0, 0.05) is 29.8 Å². The number of aromatic amines is 1. The Morgan fingerprint density at radius 1 is 1.15 bits per heavy atom. The molecule has 2 N–H and O–H groups in total. The van der Waals surface area contributed by atoms with Crippen molar-refractivity contribution in [3.63, 3.8) is 0 Å². The molecule has 0 fully saturated rings. The number of anilines is 1. The molecule has 5 heteroatoms. The topological polar surface area (TPSA) is 57.7 Å². The summed E-state index contributed by atoms with van der Waals surface area (Å²) < 4.78 is 7.71. The maximum Gasteiger partial charge on any atom is 0.334 e. The Kier molecular flexibility index (Phi) is 5.76. The summed E-state index contributed by atoms with van der Waals surface area (Å²) in [4.78, 5) is 0. The van der Waals surface area contributed by atoms with Gasteiger partial charge in [-0.15, -0.1) is 0 Å². The van der Waals surface area contributed by atoms with Crippen LogP contribution in [0, 0.1) is 0 Å². The average molecular weight is 353 g/mol. The fourth-order valence-corrected chi connectivity index (χ4v) is 3.08. The number of para-hydroxylation sites is 1. The maximum atomic E-state index is 5.60. The Bertz CT molecular complexity index is 806. The van der Waals surface area contributed by atoms with Crippen LogP contribution in [0.5, 0.6) is 0 Å². The number of nitrogens with zero attached hydrogens (tertiary/aromatic N) is 2. The highest BCUT2D eigenvalue weighted by Gasteiger charge is 2.19. The van der Waals surface area contributed by atoms with E-state index < -0.39 is 0 Å². The van der Waals surface area contributed by atoms with Crippen LogP contribution in [0.25, 0.3) is 0 Å². The molecule has 0 saturated carbocycles. The SMILES string of the molecule is CC(Cc1cc(C(C)C[n+]2coc(C(C)C)c2)n[nH]1)Nc1ccccc1. The lowest BCUT2D eigenvalue weighted by Crippen LogP contribution is -2.33. The lowest BCUT2D eigenvalue weighted by molar-refractivity contribution is -0.702. The Hall–Kier alpha value is -2.56. The van der Waals surface area contributed by atoms with Crippen LogP contribution in [0.3, 0.4) is 0 Å². The standard InChI is InChI=1S/C21H29N4O/c1-15(2)21-13-25(14-26-21)12-16(3)20-11-19(23-24-20)10-17(4)22-18-8-6-5-7-9-18/h5-9,11,13-17,22H,10,12H2,1-4H3,(H,23,24)/q+1. The van der Waals surface area contributed by atoms with Crippen LogP contribution in [-0.2, 0) is 13.0 Å². The predicted octanol–water partition coefficient (Wildman–Crippen LogP) is 4.26. The van der Waals surface area contributed by atoms with Gasteiger partial charge in [0.25, 0.3) is 0 Å².